The van der Waals surface area contributed by atoms with Crippen LogP contribution in [0.25, 0.3) is 0 Å². The van der Waals surface area contributed by atoms with E-state index in [0.717, 1.165) is 24.4 Å². The number of imide groups is 1. The summed E-state index contributed by atoms with van der Waals surface area (Å²) in [5.41, 5.74) is -2.41. The number of amides is 2. The summed E-state index contributed by atoms with van der Waals surface area (Å²) in [4.78, 5) is 30.8. The van der Waals surface area contributed by atoms with Gasteiger partial charge in [-0.2, -0.15) is 31.6 Å². The molecule has 0 spiro atoms. The van der Waals surface area contributed by atoms with Crippen LogP contribution in [0.1, 0.15) is 18.1 Å². The summed E-state index contributed by atoms with van der Waals surface area (Å²) in [7, 11) is 0. The van der Waals surface area contributed by atoms with Crippen LogP contribution in [0.2, 0.25) is 5.02 Å². The lowest BCUT2D eigenvalue weighted by Crippen LogP contribution is -2.47. The van der Waals surface area contributed by atoms with Gasteiger partial charge in [-0.15, -0.1) is 0 Å². The number of pyridine rings is 1. The number of nitrogens with zero attached hydrogens (tertiary/aromatic N) is 4. The fraction of sp³-hybridized carbons (Fsp3) is 0.333. The first-order valence-corrected chi connectivity index (χ1v) is 11.9. The highest BCUT2D eigenvalue weighted by atomic mass is 35.5. The van der Waals surface area contributed by atoms with Gasteiger partial charge in [0.1, 0.15) is 17.5 Å². The Morgan fingerprint density at radius 3 is 2.25 bits per heavy atom. The zero-order chi connectivity index (χ0) is 29.7. The van der Waals surface area contributed by atoms with E-state index in [1.807, 2.05) is 5.32 Å². The molecule has 1 saturated heterocycles. The van der Waals surface area contributed by atoms with Crippen LogP contribution in [0.15, 0.2) is 42.2 Å². The Hall–Kier alpha value is -4.19. The molecule has 0 saturated carbocycles. The van der Waals surface area contributed by atoms with E-state index in [0.29, 0.717) is 11.9 Å². The fourth-order valence-electron chi connectivity index (χ4n) is 3.71. The molecule has 9 nitrogen and oxygen atoms in total. The predicted molar refractivity (Wildman–Crippen MR) is 133 cm³/mol. The van der Waals surface area contributed by atoms with Gasteiger partial charge in [-0.3, -0.25) is 10.1 Å². The van der Waals surface area contributed by atoms with Gasteiger partial charge in [0.25, 0.3) is 5.91 Å². The van der Waals surface area contributed by atoms with Crippen molar-refractivity contribution in [2.24, 2.45) is 0 Å². The molecule has 2 N–H and O–H groups in total. The number of alkyl carbamates (subject to hydrolysis) is 1. The van der Waals surface area contributed by atoms with Crippen molar-refractivity contribution in [2.45, 2.75) is 19.3 Å². The fourth-order valence-corrected chi connectivity index (χ4v) is 3.99. The van der Waals surface area contributed by atoms with Crippen molar-refractivity contribution in [1.82, 2.24) is 10.3 Å². The Labute approximate surface area is 229 Å². The highest BCUT2D eigenvalue weighted by Crippen LogP contribution is 2.37. The number of hydrogen-bond acceptors (Lipinski definition) is 8. The number of carbonyl (C=O) groups excluding carboxylic acids is 2. The molecule has 2 heterocycles. The lowest BCUT2D eigenvalue weighted by atomic mass is 10.1. The van der Waals surface area contributed by atoms with Crippen LogP contribution in [-0.2, 0) is 21.9 Å². The van der Waals surface area contributed by atoms with Crippen LogP contribution in [0.4, 0.5) is 48.3 Å². The molecule has 1 aliphatic rings. The molecule has 1 aromatic heterocycles. The van der Waals surface area contributed by atoms with Crippen LogP contribution < -0.4 is 20.4 Å². The number of aromatic nitrogens is 1. The van der Waals surface area contributed by atoms with Crippen molar-refractivity contribution in [3.63, 3.8) is 0 Å². The Bertz CT molecular complexity index is 1330. The number of alkyl halides is 6. The van der Waals surface area contributed by atoms with E-state index in [-0.39, 0.29) is 49.3 Å². The van der Waals surface area contributed by atoms with Crippen molar-refractivity contribution < 1.29 is 40.7 Å². The van der Waals surface area contributed by atoms with Gasteiger partial charge in [-0.1, -0.05) is 11.6 Å². The lowest BCUT2D eigenvalue weighted by molar-refractivity contribution is -0.138. The van der Waals surface area contributed by atoms with Crippen molar-refractivity contribution in [2.75, 3.05) is 47.9 Å². The molecule has 0 aliphatic carbocycles. The molecule has 1 aliphatic heterocycles. The number of anilines is 3. The number of nitrogens with one attached hydrogen (secondary N) is 2. The number of benzene rings is 1. The van der Waals surface area contributed by atoms with Crippen molar-refractivity contribution in [3.05, 3.63) is 58.4 Å². The molecule has 0 radical (unpaired) electrons. The summed E-state index contributed by atoms with van der Waals surface area (Å²) in [5, 5.41) is 13.4. The molecular formula is C24H21ClF6N6O3. The van der Waals surface area contributed by atoms with E-state index in [9.17, 15) is 41.2 Å². The van der Waals surface area contributed by atoms with Crippen LogP contribution >= 0.6 is 11.6 Å². The maximum atomic E-state index is 13.4. The van der Waals surface area contributed by atoms with Crippen LogP contribution in [-0.4, -0.2) is 49.8 Å². The Morgan fingerprint density at radius 1 is 1.07 bits per heavy atom. The van der Waals surface area contributed by atoms with E-state index in [1.165, 1.54) is 13.0 Å². The zero-order valence-corrected chi connectivity index (χ0v) is 21.4. The van der Waals surface area contributed by atoms with Gasteiger partial charge in [0, 0.05) is 38.6 Å². The summed E-state index contributed by atoms with van der Waals surface area (Å²) in [6, 6.07) is 5.19. The van der Waals surface area contributed by atoms with Gasteiger partial charge in [0.15, 0.2) is 0 Å². The maximum absolute atomic E-state index is 13.4. The van der Waals surface area contributed by atoms with E-state index in [2.05, 4.69) is 15.0 Å². The number of hydrogen-bond donors (Lipinski definition) is 2. The number of halogens is 7. The molecule has 0 bridgehead atoms. The monoisotopic (exact) mass is 590 g/mol. The molecule has 1 aromatic carbocycles. The molecule has 40 heavy (non-hydrogen) atoms. The minimum absolute atomic E-state index is 0.0367. The predicted octanol–water partition coefficient (Wildman–Crippen LogP) is 5.19. The normalized spacial score (nSPS) is 14.4. The summed E-state index contributed by atoms with van der Waals surface area (Å²) in [6.07, 6.45) is -8.88. The quantitative estimate of drug-likeness (QED) is 0.269. The highest BCUT2D eigenvalue weighted by molar-refractivity contribution is 6.33. The number of nitriles is 1. The Kier molecular flexibility index (Phi) is 9.36. The topological polar surface area (TPSA) is 111 Å². The van der Waals surface area contributed by atoms with E-state index in [1.54, 1.807) is 15.9 Å². The number of ether oxygens (including phenoxy) is 1. The second-order valence-corrected chi connectivity index (χ2v) is 8.63. The molecule has 2 aromatic rings. The molecule has 0 unspecified atom stereocenters. The third kappa shape index (κ3) is 7.47. The van der Waals surface area contributed by atoms with E-state index >= 15 is 0 Å². The van der Waals surface area contributed by atoms with Gasteiger partial charge in [0.05, 0.1) is 34.1 Å². The third-order valence-corrected chi connectivity index (χ3v) is 5.90. The largest absolute Gasteiger partial charge is 0.450 e. The minimum atomic E-state index is -4.69. The number of carbonyl (C=O) groups is 2. The molecule has 1 fully saturated rings. The van der Waals surface area contributed by atoms with E-state index in [4.69, 9.17) is 11.6 Å². The standard InChI is InChI=1S/C24H21ClF6N6O3/c1-2-40-22(39)35-21(38)14(11-32)12-33-18-10-15(23(26,27)28)3-4-19(18)36-5-7-37(8-6-36)20-17(25)9-16(13-34-20)24(29,30)31/h3-4,9-10,12-13,33H,2,5-8H2,1H3,(H,35,38,39). The number of rotatable bonds is 6. The first-order chi connectivity index (χ1) is 18.7. The highest BCUT2D eigenvalue weighted by Gasteiger charge is 2.33. The molecular weight excluding hydrogens is 570 g/mol. The summed E-state index contributed by atoms with van der Waals surface area (Å²) in [5.74, 6) is -0.995. The zero-order valence-electron chi connectivity index (χ0n) is 20.7. The van der Waals surface area contributed by atoms with Crippen molar-refractivity contribution in [3.8, 4) is 6.07 Å². The smallest absolute Gasteiger partial charge is 0.417 e. The second-order valence-electron chi connectivity index (χ2n) is 8.22. The van der Waals surface area contributed by atoms with Crippen LogP contribution in [0.5, 0.6) is 0 Å². The summed E-state index contributed by atoms with van der Waals surface area (Å²) < 4.78 is 83.6. The van der Waals surface area contributed by atoms with Crippen LogP contribution in [0, 0.1) is 11.3 Å². The van der Waals surface area contributed by atoms with Gasteiger partial charge < -0.3 is 19.9 Å². The van der Waals surface area contributed by atoms with Crippen molar-refractivity contribution in [1.29, 1.82) is 5.26 Å². The lowest BCUT2D eigenvalue weighted by Gasteiger charge is -2.38. The SMILES string of the molecule is CCOC(=O)NC(=O)C(C#N)=CNc1cc(C(F)(F)F)ccc1N1CCN(c2ncc(C(F)(F)F)cc2Cl)CC1. The average molecular weight is 591 g/mol. The Balaban J connectivity index is 1.82. The van der Waals surface area contributed by atoms with E-state index < -0.39 is 41.1 Å². The summed E-state index contributed by atoms with van der Waals surface area (Å²) >= 11 is 6.04. The van der Waals surface area contributed by atoms with Crippen LogP contribution in [0.3, 0.4) is 0 Å². The molecule has 0 atom stereocenters. The van der Waals surface area contributed by atoms with Crippen molar-refractivity contribution >= 4 is 40.8 Å². The second kappa shape index (κ2) is 12.3. The number of piperazine rings is 1. The molecule has 16 heteroatoms. The van der Waals surface area contributed by atoms with Gasteiger partial charge in [-0.25, -0.2) is 9.78 Å². The first-order valence-electron chi connectivity index (χ1n) is 11.5. The van der Waals surface area contributed by atoms with Gasteiger partial charge in [0.2, 0.25) is 0 Å². The molecule has 2 amide bonds. The molecule has 214 valence electrons. The first kappa shape index (κ1) is 30.4. The Morgan fingerprint density at radius 2 is 1.70 bits per heavy atom. The third-order valence-electron chi connectivity index (χ3n) is 5.62. The van der Waals surface area contributed by atoms with Gasteiger partial charge in [-0.05, 0) is 31.2 Å². The summed E-state index contributed by atoms with van der Waals surface area (Å²) in [6.45, 7) is 2.34. The maximum Gasteiger partial charge on any atom is 0.417 e. The molecule has 3 rings (SSSR count). The van der Waals surface area contributed by atoms with Gasteiger partial charge >= 0.3 is 18.4 Å². The average Bonchev–Trinajstić information content (AvgIpc) is 2.88. The minimum Gasteiger partial charge on any atom is -0.450 e.